The van der Waals surface area contributed by atoms with Crippen molar-refractivity contribution in [2.45, 2.75) is 38.9 Å². The lowest BCUT2D eigenvalue weighted by atomic mass is 9.93. The van der Waals surface area contributed by atoms with Crippen LogP contribution in [0.5, 0.6) is 0 Å². The first kappa shape index (κ1) is 13.1. The van der Waals surface area contributed by atoms with Crippen LogP contribution in [-0.4, -0.2) is 47.0 Å². The van der Waals surface area contributed by atoms with Crippen LogP contribution in [0.2, 0.25) is 0 Å². The normalized spacial score (nSPS) is 34.5. The summed E-state index contributed by atoms with van der Waals surface area (Å²) in [6, 6.07) is 0. The Hall–Kier alpha value is -0.380. The van der Waals surface area contributed by atoms with Crippen LogP contribution in [0.4, 0.5) is 0 Å². The zero-order chi connectivity index (χ0) is 12.4. The largest absolute Gasteiger partial charge is 0.392 e. The molecule has 0 radical (unpaired) electrons. The first-order valence-corrected chi connectivity index (χ1v) is 6.81. The molecule has 5 atom stereocenters. The van der Waals surface area contributed by atoms with Gasteiger partial charge in [-0.15, -0.1) is 0 Å². The number of fused-ring (bicyclic) bond motifs is 2. The average molecular weight is 239 g/mol. The Morgan fingerprint density at radius 2 is 1.76 bits per heavy atom. The zero-order valence-electron chi connectivity index (χ0n) is 10.9. The van der Waals surface area contributed by atoms with Crippen molar-refractivity contribution in [1.29, 1.82) is 0 Å². The lowest BCUT2D eigenvalue weighted by molar-refractivity contribution is 0.0710. The van der Waals surface area contributed by atoms with Gasteiger partial charge in [-0.25, -0.2) is 0 Å². The molecule has 0 aromatic rings. The highest BCUT2D eigenvalue weighted by atomic mass is 16.3. The zero-order valence-corrected chi connectivity index (χ0v) is 10.9. The van der Waals surface area contributed by atoms with E-state index >= 15 is 0 Å². The molecule has 0 aliphatic heterocycles. The average Bonchev–Trinajstić information content (AvgIpc) is 2.76. The molecule has 3 heteroatoms. The molecular weight excluding hydrogens is 214 g/mol. The third-order valence-corrected chi connectivity index (χ3v) is 3.95. The van der Waals surface area contributed by atoms with Crippen molar-refractivity contribution >= 4 is 0 Å². The van der Waals surface area contributed by atoms with Gasteiger partial charge in [0.15, 0.2) is 0 Å². The predicted molar refractivity (Wildman–Crippen MR) is 68.6 cm³/mol. The van der Waals surface area contributed by atoms with Gasteiger partial charge in [0, 0.05) is 19.6 Å². The second kappa shape index (κ2) is 5.51. The maximum Gasteiger partial charge on any atom is 0.0639 e. The molecular formula is C14H25NO2. The van der Waals surface area contributed by atoms with E-state index in [0.29, 0.717) is 13.1 Å². The van der Waals surface area contributed by atoms with Crippen LogP contribution >= 0.6 is 0 Å². The highest BCUT2D eigenvalue weighted by Crippen LogP contribution is 2.43. The molecule has 0 unspecified atom stereocenters. The molecule has 2 N–H and O–H groups in total. The number of hydrogen-bond acceptors (Lipinski definition) is 3. The van der Waals surface area contributed by atoms with Crippen LogP contribution in [-0.2, 0) is 0 Å². The van der Waals surface area contributed by atoms with Gasteiger partial charge in [-0.1, -0.05) is 12.2 Å². The number of nitrogens with zero attached hydrogens (tertiary/aromatic N) is 1. The maximum absolute atomic E-state index is 9.50. The molecule has 0 aromatic heterocycles. The molecule has 0 heterocycles. The molecule has 2 aliphatic carbocycles. The van der Waals surface area contributed by atoms with Crippen LogP contribution < -0.4 is 0 Å². The smallest absolute Gasteiger partial charge is 0.0639 e. The molecule has 0 amide bonds. The van der Waals surface area contributed by atoms with E-state index in [9.17, 15) is 10.2 Å². The SMILES string of the molecule is C[C@H](O)CN(C[C@@H]1C[C@@H]2C=C[C@@H]1C2)C[C@@H](C)O. The standard InChI is InChI=1S/C14H25NO2/c1-10(16)7-15(8-11(2)17)9-14-6-12-3-4-13(14)5-12/h3-4,10-14,16-17H,5-9H2,1-2H3/t10-,11+,12-,13-,14+/m1/s1. The summed E-state index contributed by atoms with van der Waals surface area (Å²) in [5, 5.41) is 19.0. The third kappa shape index (κ3) is 3.54. The van der Waals surface area contributed by atoms with Gasteiger partial charge < -0.3 is 10.2 Å². The molecule has 2 aliphatic rings. The summed E-state index contributed by atoms with van der Waals surface area (Å²) in [6.07, 6.45) is 6.70. The van der Waals surface area contributed by atoms with Gasteiger partial charge in [0.05, 0.1) is 12.2 Å². The molecule has 1 saturated carbocycles. The number of hydrogen-bond donors (Lipinski definition) is 2. The van der Waals surface area contributed by atoms with Gasteiger partial charge >= 0.3 is 0 Å². The summed E-state index contributed by atoms with van der Waals surface area (Å²) in [5.41, 5.74) is 0. The second-order valence-corrected chi connectivity index (χ2v) is 5.96. The summed E-state index contributed by atoms with van der Waals surface area (Å²) in [5.74, 6) is 2.26. The summed E-state index contributed by atoms with van der Waals surface area (Å²) < 4.78 is 0. The lowest BCUT2D eigenvalue weighted by Crippen LogP contribution is -2.40. The topological polar surface area (TPSA) is 43.7 Å². The fourth-order valence-corrected chi connectivity index (χ4v) is 3.41. The highest BCUT2D eigenvalue weighted by molar-refractivity contribution is 5.10. The summed E-state index contributed by atoms with van der Waals surface area (Å²) >= 11 is 0. The van der Waals surface area contributed by atoms with Crippen LogP contribution in [0, 0.1) is 17.8 Å². The molecule has 0 spiro atoms. The van der Waals surface area contributed by atoms with E-state index in [2.05, 4.69) is 17.1 Å². The Morgan fingerprint density at radius 3 is 2.18 bits per heavy atom. The van der Waals surface area contributed by atoms with Crippen molar-refractivity contribution in [3.63, 3.8) is 0 Å². The minimum Gasteiger partial charge on any atom is -0.392 e. The summed E-state index contributed by atoms with van der Waals surface area (Å²) in [7, 11) is 0. The first-order valence-electron chi connectivity index (χ1n) is 6.81. The maximum atomic E-state index is 9.50. The minimum absolute atomic E-state index is 0.317. The summed E-state index contributed by atoms with van der Waals surface area (Å²) in [6.45, 7) is 5.98. The van der Waals surface area contributed by atoms with Crippen LogP contribution in [0.15, 0.2) is 12.2 Å². The van der Waals surface area contributed by atoms with Gasteiger partial charge in [-0.2, -0.15) is 0 Å². The molecule has 2 bridgehead atoms. The van der Waals surface area contributed by atoms with Gasteiger partial charge in [-0.05, 0) is 44.4 Å². The first-order chi connectivity index (χ1) is 8.04. The Morgan fingerprint density at radius 1 is 1.12 bits per heavy atom. The van der Waals surface area contributed by atoms with Gasteiger partial charge in [0.1, 0.15) is 0 Å². The summed E-state index contributed by atoms with van der Waals surface area (Å²) in [4.78, 5) is 2.22. The van der Waals surface area contributed by atoms with E-state index in [1.165, 1.54) is 12.8 Å². The quantitative estimate of drug-likeness (QED) is 0.686. The fraction of sp³-hybridized carbons (Fsp3) is 0.857. The van der Waals surface area contributed by atoms with Crippen molar-refractivity contribution in [3.8, 4) is 0 Å². The fourth-order valence-electron chi connectivity index (χ4n) is 3.41. The van der Waals surface area contributed by atoms with Gasteiger partial charge in [0.2, 0.25) is 0 Å². The third-order valence-electron chi connectivity index (χ3n) is 3.95. The number of allylic oxidation sites excluding steroid dienone is 2. The van der Waals surface area contributed by atoms with Crippen molar-refractivity contribution < 1.29 is 10.2 Å². The Kier molecular flexibility index (Phi) is 4.23. The molecule has 2 rings (SSSR count). The highest BCUT2D eigenvalue weighted by Gasteiger charge is 2.36. The molecule has 0 aromatic carbocycles. The lowest BCUT2D eigenvalue weighted by Gasteiger charge is -2.30. The van der Waals surface area contributed by atoms with E-state index in [-0.39, 0.29) is 12.2 Å². The van der Waals surface area contributed by atoms with Crippen LogP contribution in [0.3, 0.4) is 0 Å². The molecule has 3 nitrogen and oxygen atoms in total. The van der Waals surface area contributed by atoms with Crippen molar-refractivity contribution in [1.82, 2.24) is 4.90 Å². The van der Waals surface area contributed by atoms with E-state index in [1.807, 2.05) is 13.8 Å². The van der Waals surface area contributed by atoms with Crippen molar-refractivity contribution in [2.24, 2.45) is 17.8 Å². The molecule has 1 fully saturated rings. The minimum atomic E-state index is -0.317. The molecule has 17 heavy (non-hydrogen) atoms. The van der Waals surface area contributed by atoms with E-state index in [0.717, 1.165) is 24.3 Å². The van der Waals surface area contributed by atoms with E-state index < -0.39 is 0 Å². The van der Waals surface area contributed by atoms with Crippen LogP contribution in [0.25, 0.3) is 0 Å². The van der Waals surface area contributed by atoms with Gasteiger partial charge in [-0.3, -0.25) is 4.90 Å². The number of aliphatic hydroxyl groups is 2. The Labute approximate surface area is 104 Å². The predicted octanol–water partition coefficient (Wildman–Crippen LogP) is 1.26. The van der Waals surface area contributed by atoms with E-state index in [1.54, 1.807) is 0 Å². The molecule has 98 valence electrons. The van der Waals surface area contributed by atoms with Crippen LogP contribution in [0.1, 0.15) is 26.7 Å². The second-order valence-electron chi connectivity index (χ2n) is 5.96. The van der Waals surface area contributed by atoms with Crippen molar-refractivity contribution in [3.05, 3.63) is 12.2 Å². The molecule has 0 saturated heterocycles. The number of rotatable bonds is 6. The Bertz CT molecular complexity index is 265. The van der Waals surface area contributed by atoms with Crippen molar-refractivity contribution in [2.75, 3.05) is 19.6 Å². The Balaban J connectivity index is 1.86. The number of aliphatic hydroxyl groups excluding tert-OH is 2. The monoisotopic (exact) mass is 239 g/mol. The van der Waals surface area contributed by atoms with Gasteiger partial charge in [0.25, 0.3) is 0 Å². The van der Waals surface area contributed by atoms with E-state index in [4.69, 9.17) is 0 Å².